The van der Waals surface area contributed by atoms with Crippen LogP contribution in [0, 0.1) is 5.92 Å². The lowest BCUT2D eigenvalue weighted by molar-refractivity contribution is -0.142. The molecule has 104 valence electrons. The van der Waals surface area contributed by atoms with Crippen LogP contribution in [0.5, 0.6) is 0 Å². The fourth-order valence-corrected chi connectivity index (χ4v) is 1.82. The van der Waals surface area contributed by atoms with E-state index in [9.17, 15) is 14.7 Å². The summed E-state index contributed by atoms with van der Waals surface area (Å²) in [7, 11) is 1.49. The highest BCUT2D eigenvalue weighted by atomic mass is 79.9. The van der Waals surface area contributed by atoms with Crippen molar-refractivity contribution in [3.63, 3.8) is 0 Å². The number of halogens is 1. The number of hydrogen-bond acceptors (Lipinski definition) is 3. The normalized spacial score (nSPS) is 13.6. The van der Waals surface area contributed by atoms with Gasteiger partial charge in [0.2, 0.25) is 5.91 Å². The summed E-state index contributed by atoms with van der Waals surface area (Å²) in [4.78, 5) is 23.1. The standard InChI is InChI=1S/C13H16BrNO4/c1-8(7-19-2)12(16)15-11(13(17)18)9-3-5-10(14)6-4-9/h3-6,8,11H,7H2,1-2H3,(H,15,16)(H,17,18). The Morgan fingerprint density at radius 1 is 1.37 bits per heavy atom. The van der Waals surface area contributed by atoms with E-state index in [1.165, 1.54) is 7.11 Å². The molecule has 1 aromatic carbocycles. The van der Waals surface area contributed by atoms with Gasteiger partial charge in [0.25, 0.3) is 0 Å². The SMILES string of the molecule is COCC(C)C(=O)NC(C(=O)O)c1ccc(Br)cc1. The van der Waals surface area contributed by atoms with Gasteiger partial charge in [0.1, 0.15) is 0 Å². The van der Waals surface area contributed by atoms with Gasteiger partial charge in [0.05, 0.1) is 12.5 Å². The zero-order valence-corrected chi connectivity index (χ0v) is 12.3. The van der Waals surface area contributed by atoms with Crippen LogP contribution in [0.25, 0.3) is 0 Å². The molecule has 0 bridgehead atoms. The average Bonchev–Trinajstić information content (AvgIpc) is 2.37. The predicted molar refractivity (Wildman–Crippen MR) is 73.7 cm³/mol. The molecule has 5 nitrogen and oxygen atoms in total. The number of carbonyl (C=O) groups is 2. The van der Waals surface area contributed by atoms with E-state index >= 15 is 0 Å². The van der Waals surface area contributed by atoms with E-state index in [0.717, 1.165) is 4.47 Å². The number of benzene rings is 1. The van der Waals surface area contributed by atoms with E-state index in [-0.39, 0.29) is 12.5 Å². The molecule has 1 aromatic rings. The number of carbonyl (C=O) groups excluding carboxylic acids is 1. The maximum atomic E-state index is 11.8. The summed E-state index contributed by atoms with van der Waals surface area (Å²) in [6, 6.07) is 5.72. The molecule has 2 unspecified atom stereocenters. The van der Waals surface area contributed by atoms with Gasteiger partial charge in [-0.2, -0.15) is 0 Å². The first-order valence-electron chi connectivity index (χ1n) is 5.73. The Morgan fingerprint density at radius 2 is 1.95 bits per heavy atom. The van der Waals surface area contributed by atoms with Gasteiger partial charge in [-0.1, -0.05) is 35.0 Å². The molecule has 6 heteroatoms. The number of carboxylic acids is 1. The minimum absolute atomic E-state index is 0.249. The van der Waals surface area contributed by atoms with E-state index in [1.54, 1.807) is 31.2 Å². The number of ether oxygens (including phenoxy) is 1. The van der Waals surface area contributed by atoms with Crippen molar-refractivity contribution >= 4 is 27.8 Å². The molecule has 19 heavy (non-hydrogen) atoms. The highest BCUT2D eigenvalue weighted by Crippen LogP contribution is 2.17. The van der Waals surface area contributed by atoms with Gasteiger partial charge >= 0.3 is 5.97 Å². The van der Waals surface area contributed by atoms with Crippen molar-refractivity contribution in [3.8, 4) is 0 Å². The fraction of sp³-hybridized carbons (Fsp3) is 0.385. The summed E-state index contributed by atoms with van der Waals surface area (Å²) in [6.45, 7) is 1.93. The summed E-state index contributed by atoms with van der Waals surface area (Å²) < 4.78 is 5.72. The molecule has 2 atom stereocenters. The Bertz CT molecular complexity index is 446. The van der Waals surface area contributed by atoms with Crippen LogP contribution >= 0.6 is 15.9 Å². The second-order valence-electron chi connectivity index (χ2n) is 4.19. The van der Waals surface area contributed by atoms with Gasteiger partial charge in [-0.05, 0) is 17.7 Å². The van der Waals surface area contributed by atoms with Crippen molar-refractivity contribution in [2.75, 3.05) is 13.7 Å². The van der Waals surface area contributed by atoms with Gasteiger partial charge < -0.3 is 15.2 Å². The molecule has 0 aliphatic rings. The van der Waals surface area contributed by atoms with Crippen molar-refractivity contribution < 1.29 is 19.4 Å². The molecule has 1 amide bonds. The van der Waals surface area contributed by atoms with Crippen LogP contribution in [-0.2, 0) is 14.3 Å². The molecule has 0 spiro atoms. The van der Waals surface area contributed by atoms with E-state index in [2.05, 4.69) is 21.2 Å². The van der Waals surface area contributed by atoms with Crippen LogP contribution in [0.3, 0.4) is 0 Å². The van der Waals surface area contributed by atoms with Crippen molar-refractivity contribution in [2.45, 2.75) is 13.0 Å². The van der Waals surface area contributed by atoms with Crippen LogP contribution in [0.15, 0.2) is 28.7 Å². The Balaban J connectivity index is 2.82. The van der Waals surface area contributed by atoms with Gasteiger partial charge in [0.15, 0.2) is 6.04 Å². The molecular formula is C13H16BrNO4. The highest BCUT2D eigenvalue weighted by Gasteiger charge is 2.24. The van der Waals surface area contributed by atoms with E-state index in [0.29, 0.717) is 5.56 Å². The van der Waals surface area contributed by atoms with Gasteiger partial charge in [-0.15, -0.1) is 0 Å². The molecule has 0 fully saturated rings. The van der Waals surface area contributed by atoms with Gasteiger partial charge in [0, 0.05) is 11.6 Å². The largest absolute Gasteiger partial charge is 0.479 e. The third-order valence-corrected chi connectivity index (χ3v) is 3.13. The lowest BCUT2D eigenvalue weighted by Gasteiger charge is -2.17. The second-order valence-corrected chi connectivity index (χ2v) is 5.10. The number of hydrogen-bond donors (Lipinski definition) is 2. The zero-order chi connectivity index (χ0) is 14.4. The molecule has 0 saturated heterocycles. The lowest BCUT2D eigenvalue weighted by atomic mass is 10.1. The topological polar surface area (TPSA) is 75.6 Å². The first-order valence-corrected chi connectivity index (χ1v) is 6.52. The Labute approximate surface area is 120 Å². The summed E-state index contributed by atoms with van der Waals surface area (Å²) in [5.74, 6) is -1.85. The second kappa shape index (κ2) is 7.25. The molecule has 0 saturated carbocycles. The smallest absolute Gasteiger partial charge is 0.330 e. The maximum Gasteiger partial charge on any atom is 0.330 e. The quantitative estimate of drug-likeness (QED) is 0.836. The number of nitrogens with one attached hydrogen (secondary N) is 1. The number of rotatable bonds is 6. The van der Waals surface area contributed by atoms with Crippen molar-refractivity contribution in [1.82, 2.24) is 5.32 Å². The highest BCUT2D eigenvalue weighted by molar-refractivity contribution is 9.10. The van der Waals surface area contributed by atoms with Crippen LogP contribution in [0.1, 0.15) is 18.5 Å². The molecule has 0 aliphatic carbocycles. The zero-order valence-electron chi connectivity index (χ0n) is 10.7. The Hall–Kier alpha value is -1.40. The Kier molecular flexibility index (Phi) is 5.98. The number of aliphatic carboxylic acids is 1. The monoisotopic (exact) mass is 329 g/mol. The maximum absolute atomic E-state index is 11.8. The fourth-order valence-electron chi connectivity index (χ4n) is 1.55. The minimum Gasteiger partial charge on any atom is -0.479 e. The van der Waals surface area contributed by atoms with Crippen molar-refractivity contribution in [3.05, 3.63) is 34.3 Å². The van der Waals surface area contributed by atoms with Crippen LogP contribution in [0.4, 0.5) is 0 Å². The van der Waals surface area contributed by atoms with E-state index < -0.39 is 17.9 Å². The first-order chi connectivity index (χ1) is 8.95. The molecule has 0 radical (unpaired) electrons. The minimum atomic E-state index is -1.10. The number of methoxy groups -OCH3 is 1. The molecule has 0 aliphatic heterocycles. The average molecular weight is 330 g/mol. The van der Waals surface area contributed by atoms with Crippen molar-refractivity contribution in [1.29, 1.82) is 0 Å². The number of carboxylic acid groups (broad SMARTS) is 1. The van der Waals surface area contributed by atoms with Crippen LogP contribution in [0.2, 0.25) is 0 Å². The predicted octanol–water partition coefficient (Wildman–Crippen LogP) is 1.97. The van der Waals surface area contributed by atoms with Crippen LogP contribution < -0.4 is 5.32 Å². The van der Waals surface area contributed by atoms with E-state index in [4.69, 9.17) is 4.74 Å². The summed E-state index contributed by atoms with van der Waals surface area (Å²) in [6.07, 6.45) is 0. The van der Waals surface area contributed by atoms with E-state index in [1.807, 2.05) is 0 Å². The van der Waals surface area contributed by atoms with Crippen molar-refractivity contribution in [2.24, 2.45) is 5.92 Å². The third-order valence-electron chi connectivity index (χ3n) is 2.60. The summed E-state index contributed by atoms with van der Waals surface area (Å²) in [5.41, 5.74) is 0.522. The third kappa shape index (κ3) is 4.65. The number of amides is 1. The van der Waals surface area contributed by atoms with Crippen LogP contribution in [-0.4, -0.2) is 30.7 Å². The molecule has 1 rings (SSSR count). The summed E-state index contributed by atoms with van der Waals surface area (Å²) >= 11 is 3.27. The molecule has 0 heterocycles. The first kappa shape index (κ1) is 15.7. The molecule has 2 N–H and O–H groups in total. The summed E-state index contributed by atoms with van der Waals surface area (Å²) in [5, 5.41) is 11.7. The van der Waals surface area contributed by atoms with Gasteiger partial charge in [-0.3, -0.25) is 4.79 Å². The lowest BCUT2D eigenvalue weighted by Crippen LogP contribution is -2.38. The molecular weight excluding hydrogens is 314 g/mol. The van der Waals surface area contributed by atoms with Gasteiger partial charge in [-0.25, -0.2) is 4.79 Å². The Morgan fingerprint density at radius 3 is 2.42 bits per heavy atom. The molecule has 0 aromatic heterocycles.